The van der Waals surface area contributed by atoms with E-state index in [4.69, 9.17) is 5.41 Å². The van der Waals surface area contributed by atoms with E-state index in [2.05, 4.69) is 216 Å². The van der Waals surface area contributed by atoms with Gasteiger partial charge in [-0.05, 0) is 124 Å². The van der Waals surface area contributed by atoms with Gasteiger partial charge in [-0.15, -0.1) is 0 Å². The maximum atomic E-state index is 7.96. The van der Waals surface area contributed by atoms with Gasteiger partial charge in [0, 0.05) is 58.5 Å². The minimum atomic E-state index is 0.732. The summed E-state index contributed by atoms with van der Waals surface area (Å²) in [4.78, 5) is 9.30. The fourth-order valence-electron chi connectivity index (χ4n) is 8.15. The molecule has 9 rings (SSSR count). The Labute approximate surface area is 365 Å². The van der Waals surface area contributed by atoms with E-state index in [-0.39, 0.29) is 0 Å². The van der Waals surface area contributed by atoms with E-state index in [9.17, 15) is 0 Å². The van der Waals surface area contributed by atoms with Crippen molar-refractivity contribution in [3.05, 3.63) is 260 Å². The Morgan fingerprint density at radius 2 is 1.19 bits per heavy atom. The highest BCUT2D eigenvalue weighted by Gasteiger charge is 2.26. The van der Waals surface area contributed by atoms with Crippen LogP contribution in [0, 0.1) is 5.41 Å². The molecule has 298 valence electrons. The monoisotopic (exact) mass is 798 g/mol. The molecule has 8 aromatic rings. The van der Waals surface area contributed by atoms with Gasteiger partial charge < -0.3 is 15.2 Å². The molecule has 0 amide bonds. The molecule has 0 aliphatic carbocycles. The standard InChI is InChI=1S/C58H46N4/c1-2-14-50(41-59)46-24-29-53(30-25-46)62(54-31-26-47(27-32-54)57-21-12-13-38-60-57)55-35-33-52(34-36-55)61-42-51(56-37-28-49(40-58(56)61)45-19-10-5-11-20-45)39-48(44-17-8-4-9-18-44)23-22-43-15-6-3-7-16-43/h2-21,23-41,59H,1,22,42H2/b48-23+,50-14+,51-39+,59-41?. The molecule has 4 nitrogen and oxygen atoms in total. The average Bonchev–Trinajstić information content (AvgIpc) is 3.71. The molecule has 0 fully saturated rings. The van der Waals surface area contributed by atoms with E-state index in [0.29, 0.717) is 0 Å². The third kappa shape index (κ3) is 8.63. The molecule has 0 spiro atoms. The lowest BCUT2D eigenvalue weighted by atomic mass is 9.96. The van der Waals surface area contributed by atoms with Crippen molar-refractivity contribution >= 4 is 51.4 Å². The number of nitrogens with zero attached hydrogens (tertiary/aromatic N) is 3. The topological polar surface area (TPSA) is 43.2 Å². The summed E-state index contributed by atoms with van der Waals surface area (Å²) in [6.45, 7) is 4.57. The fraction of sp³-hybridized carbons (Fsp3) is 0.0345. The van der Waals surface area contributed by atoms with Gasteiger partial charge in [-0.25, -0.2) is 0 Å². The zero-order valence-electron chi connectivity index (χ0n) is 34.5. The lowest BCUT2D eigenvalue weighted by Gasteiger charge is -2.27. The van der Waals surface area contributed by atoms with Crippen molar-refractivity contribution in [2.75, 3.05) is 16.3 Å². The maximum absolute atomic E-state index is 7.96. The number of benzene rings is 7. The summed E-state index contributed by atoms with van der Waals surface area (Å²) in [5.74, 6) is 0. The van der Waals surface area contributed by atoms with Crippen LogP contribution in [0.5, 0.6) is 0 Å². The summed E-state index contributed by atoms with van der Waals surface area (Å²) in [7, 11) is 0. The van der Waals surface area contributed by atoms with Gasteiger partial charge in [0.2, 0.25) is 0 Å². The van der Waals surface area contributed by atoms with Crippen LogP contribution in [0.4, 0.5) is 28.4 Å². The van der Waals surface area contributed by atoms with E-state index < -0.39 is 0 Å². The molecule has 4 heteroatoms. The van der Waals surface area contributed by atoms with Crippen LogP contribution in [0.1, 0.15) is 22.3 Å². The van der Waals surface area contributed by atoms with Crippen LogP contribution >= 0.6 is 0 Å². The third-order valence-electron chi connectivity index (χ3n) is 11.3. The van der Waals surface area contributed by atoms with Gasteiger partial charge in [0.15, 0.2) is 0 Å². The number of hydrogen-bond acceptors (Lipinski definition) is 4. The molecule has 0 radical (unpaired) electrons. The van der Waals surface area contributed by atoms with Crippen LogP contribution in [0.3, 0.4) is 0 Å². The largest absolute Gasteiger partial charge is 0.336 e. The summed E-state index contributed by atoms with van der Waals surface area (Å²) in [5, 5.41) is 7.96. The van der Waals surface area contributed by atoms with Gasteiger partial charge in [-0.2, -0.15) is 0 Å². The lowest BCUT2D eigenvalue weighted by molar-refractivity contribution is 1.16. The number of nitrogens with one attached hydrogen (secondary N) is 1. The molecular formula is C58H46N4. The molecule has 1 aliphatic heterocycles. The number of allylic oxidation sites excluding steroid dienone is 6. The molecule has 0 saturated carbocycles. The van der Waals surface area contributed by atoms with Gasteiger partial charge in [0.1, 0.15) is 0 Å². The van der Waals surface area contributed by atoms with Crippen LogP contribution in [0.2, 0.25) is 0 Å². The van der Waals surface area contributed by atoms with Crippen LogP contribution in [-0.2, 0) is 6.42 Å². The smallest absolute Gasteiger partial charge is 0.0701 e. The molecule has 62 heavy (non-hydrogen) atoms. The van der Waals surface area contributed by atoms with Gasteiger partial charge in [0.05, 0.1) is 5.69 Å². The quantitative estimate of drug-likeness (QED) is 0.0933. The molecule has 0 saturated heterocycles. The number of pyridine rings is 1. The number of aromatic nitrogens is 1. The normalized spacial score (nSPS) is 13.2. The second-order valence-electron chi connectivity index (χ2n) is 15.2. The van der Waals surface area contributed by atoms with E-state index >= 15 is 0 Å². The summed E-state index contributed by atoms with van der Waals surface area (Å²) in [6.07, 6.45) is 12.4. The first kappa shape index (κ1) is 39.4. The van der Waals surface area contributed by atoms with Crippen molar-refractivity contribution in [3.8, 4) is 22.4 Å². The number of fused-ring (bicyclic) bond motifs is 1. The molecule has 1 aromatic heterocycles. The Morgan fingerprint density at radius 1 is 0.597 bits per heavy atom. The van der Waals surface area contributed by atoms with E-state index in [1.165, 1.54) is 50.9 Å². The summed E-state index contributed by atoms with van der Waals surface area (Å²) < 4.78 is 0. The van der Waals surface area contributed by atoms with Gasteiger partial charge >= 0.3 is 0 Å². The van der Waals surface area contributed by atoms with E-state index in [1.54, 1.807) is 6.08 Å². The van der Waals surface area contributed by atoms with Crippen molar-refractivity contribution < 1.29 is 0 Å². The lowest BCUT2D eigenvalue weighted by Crippen LogP contribution is -2.14. The Balaban J connectivity index is 1.10. The Hall–Kier alpha value is -8.08. The van der Waals surface area contributed by atoms with E-state index in [1.807, 2.05) is 30.5 Å². The van der Waals surface area contributed by atoms with Crippen molar-refractivity contribution in [2.45, 2.75) is 6.42 Å². The highest BCUT2D eigenvalue weighted by atomic mass is 15.2. The molecule has 0 unspecified atom stereocenters. The molecule has 1 N–H and O–H groups in total. The number of hydrogen-bond donors (Lipinski definition) is 1. The number of anilines is 5. The van der Waals surface area contributed by atoms with E-state index in [0.717, 1.165) is 58.1 Å². The fourth-order valence-corrected chi connectivity index (χ4v) is 8.15. The zero-order valence-corrected chi connectivity index (χ0v) is 34.5. The SMILES string of the molecule is C=C/C=C(\C=N)c1ccc(N(c2ccc(-c3ccccn3)cc2)c2ccc(N3C/C(=C\C(=C/Cc4ccccc4)c4ccccc4)c4ccc(-c5ccccc5)cc43)cc2)cc1. The summed E-state index contributed by atoms with van der Waals surface area (Å²) >= 11 is 0. The van der Waals surface area contributed by atoms with Crippen LogP contribution < -0.4 is 9.80 Å². The van der Waals surface area contributed by atoms with Crippen molar-refractivity contribution in [1.82, 2.24) is 4.98 Å². The minimum absolute atomic E-state index is 0.732. The Bertz CT molecular complexity index is 2880. The highest BCUT2D eigenvalue weighted by molar-refractivity contribution is 6.09. The van der Waals surface area contributed by atoms with Crippen LogP contribution in [-0.4, -0.2) is 17.7 Å². The van der Waals surface area contributed by atoms with Gasteiger partial charge in [-0.3, -0.25) is 4.98 Å². The van der Waals surface area contributed by atoms with Gasteiger partial charge in [-0.1, -0.05) is 158 Å². The van der Waals surface area contributed by atoms with Gasteiger partial charge in [0.25, 0.3) is 0 Å². The predicted octanol–water partition coefficient (Wildman–Crippen LogP) is 15.0. The Morgan fingerprint density at radius 3 is 1.84 bits per heavy atom. The molecule has 0 bridgehead atoms. The molecule has 1 aliphatic rings. The van der Waals surface area contributed by atoms with Crippen LogP contribution in [0.25, 0.3) is 39.1 Å². The molecule has 2 heterocycles. The summed E-state index contributed by atoms with van der Waals surface area (Å²) in [6, 6.07) is 70.7. The Kier molecular flexibility index (Phi) is 11.7. The predicted molar refractivity (Wildman–Crippen MR) is 263 cm³/mol. The van der Waals surface area contributed by atoms with Crippen LogP contribution in [0.15, 0.2) is 237 Å². The maximum Gasteiger partial charge on any atom is 0.0701 e. The molecular weight excluding hydrogens is 753 g/mol. The van der Waals surface area contributed by atoms with Crippen molar-refractivity contribution in [1.29, 1.82) is 5.41 Å². The third-order valence-corrected chi connectivity index (χ3v) is 11.3. The first-order chi connectivity index (χ1) is 30.6. The highest BCUT2D eigenvalue weighted by Crippen LogP contribution is 2.45. The number of rotatable bonds is 13. The molecule has 7 aromatic carbocycles. The first-order valence-electron chi connectivity index (χ1n) is 21.0. The second kappa shape index (κ2) is 18.5. The molecule has 0 atom stereocenters. The average molecular weight is 799 g/mol. The first-order valence-corrected chi connectivity index (χ1v) is 21.0. The second-order valence-corrected chi connectivity index (χ2v) is 15.2. The van der Waals surface area contributed by atoms with Crippen molar-refractivity contribution in [2.24, 2.45) is 0 Å². The zero-order chi connectivity index (χ0) is 42.1. The minimum Gasteiger partial charge on any atom is -0.336 e. The summed E-state index contributed by atoms with van der Waals surface area (Å²) in [5.41, 5.74) is 17.7. The van der Waals surface area contributed by atoms with Crippen molar-refractivity contribution in [3.63, 3.8) is 0 Å².